The van der Waals surface area contributed by atoms with Gasteiger partial charge in [0.15, 0.2) is 11.6 Å². The molecule has 0 unspecified atom stereocenters. The maximum absolute atomic E-state index is 13.5. The summed E-state index contributed by atoms with van der Waals surface area (Å²) in [5, 5.41) is 7.87. The van der Waals surface area contributed by atoms with Crippen LogP contribution in [0.1, 0.15) is 5.56 Å². The highest BCUT2D eigenvalue weighted by molar-refractivity contribution is 6.31. The number of nitrogens with one attached hydrogen (secondary N) is 1. The molecule has 0 saturated carbocycles. The number of nitrogen functional groups attached to an aromatic ring is 1. The average molecular weight is 265 g/mol. The monoisotopic (exact) mass is 264 g/mol. The van der Waals surface area contributed by atoms with Crippen molar-refractivity contribution in [3.05, 3.63) is 58.9 Å². The number of para-hydroxylation sites is 1. The molecule has 0 bridgehead atoms. The lowest BCUT2D eigenvalue weighted by molar-refractivity contribution is 0.441. The van der Waals surface area contributed by atoms with Crippen LogP contribution in [0.3, 0.4) is 0 Å². The summed E-state index contributed by atoms with van der Waals surface area (Å²) in [6.07, 6.45) is 0. The fraction of sp³-hybridized carbons (Fsp3) is 0. The number of halogens is 2. The average Bonchev–Trinajstić information content (AvgIpc) is 2.34. The molecule has 3 nitrogen and oxygen atoms in total. The van der Waals surface area contributed by atoms with Gasteiger partial charge < -0.3 is 10.5 Å². The molecule has 0 radical (unpaired) electrons. The standard InChI is InChI=1S/C13H10ClFN2O/c14-8-5-6-11(9(7-8)13(16)17)18-12-4-2-1-3-10(12)15/h1-7H,(H3,16,17). The zero-order valence-corrected chi connectivity index (χ0v) is 10.0. The van der Waals surface area contributed by atoms with Gasteiger partial charge in [-0.3, -0.25) is 5.41 Å². The highest BCUT2D eigenvalue weighted by atomic mass is 35.5. The molecule has 0 heterocycles. The van der Waals surface area contributed by atoms with Crippen molar-refractivity contribution in [1.29, 1.82) is 5.41 Å². The molecule has 0 saturated heterocycles. The Morgan fingerprint density at radius 3 is 2.56 bits per heavy atom. The molecule has 2 aromatic carbocycles. The molecule has 3 N–H and O–H groups in total. The van der Waals surface area contributed by atoms with Gasteiger partial charge in [-0.15, -0.1) is 0 Å². The van der Waals surface area contributed by atoms with E-state index in [9.17, 15) is 4.39 Å². The number of ether oxygens (including phenoxy) is 1. The van der Waals surface area contributed by atoms with Crippen molar-refractivity contribution in [2.24, 2.45) is 5.73 Å². The van der Waals surface area contributed by atoms with Crippen LogP contribution in [0.2, 0.25) is 5.02 Å². The van der Waals surface area contributed by atoms with Crippen molar-refractivity contribution in [1.82, 2.24) is 0 Å². The van der Waals surface area contributed by atoms with E-state index >= 15 is 0 Å². The largest absolute Gasteiger partial charge is 0.454 e. The first-order chi connectivity index (χ1) is 8.58. The third-order valence-electron chi connectivity index (χ3n) is 2.29. The van der Waals surface area contributed by atoms with Crippen LogP contribution >= 0.6 is 11.6 Å². The third kappa shape index (κ3) is 2.60. The van der Waals surface area contributed by atoms with Crippen molar-refractivity contribution in [3.63, 3.8) is 0 Å². The van der Waals surface area contributed by atoms with E-state index in [0.717, 1.165) is 0 Å². The van der Waals surface area contributed by atoms with Gasteiger partial charge in [-0.1, -0.05) is 23.7 Å². The summed E-state index contributed by atoms with van der Waals surface area (Å²) < 4.78 is 18.9. The summed E-state index contributed by atoms with van der Waals surface area (Å²) >= 11 is 5.81. The molecule has 2 aromatic rings. The molecular formula is C13H10ClFN2O. The van der Waals surface area contributed by atoms with E-state index in [-0.39, 0.29) is 17.3 Å². The summed E-state index contributed by atoms with van der Waals surface area (Å²) in [6, 6.07) is 10.6. The fourth-order valence-electron chi connectivity index (χ4n) is 1.45. The van der Waals surface area contributed by atoms with Crippen LogP contribution in [0.15, 0.2) is 42.5 Å². The van der Waals surface area contributed by atoms with E-state index in [2.05, 4.69) is 0 Å². The number of benzene rings is 2. The van der Waals surface area contributed by atoms with Gasteiger partial charge in [0.1, 0.15) is 11.6 Å². The fourth-order valence-corrected chi connectivity index (χ4v) is 1.62. The van der Waals surface area contributed by atoms with Gasteiger partial charge in [-0.25, -0.2) is 4.39 Å². The van der Waals surface area contributed by atoms with Crippen molar-refractivity contribution < 1.29 is 9.13 Å². The topological polar surface area (TPSA) is 59.1 Å². The van der Waals surface area contributed by atoms with E-state index in [1.165, 1.54) is 18.2 Å². The van der Waals surface area contributed by atoms with Gasteiger partial charge in [0.2, 0.25) is 0 Å². The smallest absolute Gasteiger partial charge is 0.165 e. The predicted molar refractivity (Wildman–Crippen MR) is 68.9 cm³/mol. The molecule has 0 spiro atoms. The van der Waals surface area contributed by atoms with E-state index < -0.39 is 5.82 Å². The zero-order valence-electron chi connectivity index (χ0n) is 9.28. The van der Waals surface area contributed by atoms with Crippen molar-refractivity contribution in [2.45, 2.75) is 0 Å². The summed E-state index contributed by atoms with van der Waals surface area (Å²) in [7, 11) is 0. The van der Waals surface area contributed by atoms with Gasteiger partial charge in [0, 0.05) is 5.02 Å². The minimum Gasteiger partial charge on any atom is -0.454 e. The Morgan fingerprint density at radius 2 is 1.89 bits per heavy atom. The Kier molecular flexibility index (Phi) is 3.48. The number of hydrogen-bond donors (Lipinski definition) is 2. The molecule has 0 aliphatic heterocycles. The van der Waals surface area contributed by atoms with Crippen molar-refractivity contribution in [2.75, 3.05) is 0 Å². The van der Waals surface area contributed by atoms with Gasteiger partial charge in [0.05, 0.1) is 5.56 Å². The van der Waals surface area contributed by atoms with Gasteiger partial charge >= 0.3 is 0 Å². The minimum atomic E-state index is -0.484. The molecule has 2 rings (SSSR count). The molecule has 0 amide bonds. The van der Waals surface area contributed by atoms with Gasteiger partial charge in [0.25, 0.3) is 0 Å². The van der Waals surface area contributed by atoms with Gasteiger partial charge in [-0.2, -0.15) is 0 Å². The number of amidine groups is 1. The van der Waals surface area contributed by atoms with Crippen LogP contribution in [-0.2, 0) is 0 Å². The Hall–Kier alpha value is -2.07. The van der Waals surface area contributed by atoms with Crippen LogP contribution in [0.4, 0.5) is 4.39 Å². The van der Waals surface area contributed by atoms with Crippen LogP contribution in [-0.4, -0.2) is 5.84 Å². The maximum Gasteiger partial charge on any atom is 0.165 e. The van der Waals surface area contributed by atoms with Gasteiger partial charge in [-0.05, 0) is 30.3 Å². The zero-order chi connectivity index (χ0) is 13.1. The molecule has 0 aliphatic rings. The van der Waals surface area contributed by atoms with E-state index in [1.54, 1.807) is 24.3 Å². The summed E-state index contributed by atoms with van der Waals surface area (Å²) in [6.45, 7) is 0. The predicted octanol–water partition coefficient (Wildman–Crippen LogP) is 3.56. The molecule has 0 fully saturated rings. The summed E-state index contributed by atoms with van der Waals surface area (Å²) in [5.74, 6) is -0.315. The second-order valence-electron chi connectivity index (χ2n) is 3.59. The quantitative estimate of drug-likeness (QED) is 0.658. The van der Waals surface area contributed by atoms with Crippen LogP contribution < -0.4 is 10.5 Å². The van der Waals surface area contributed by atoms with Crippen molar-refractivity contribution >= 4 is 17.4 Å². The second kappa shape index (κ2) is 5.06. The Bertz CT molecular complexity index is 601. The van der Waals surface area contributed by atoms with Crippen LogP contribution in [0.25, 0.3) is 0 Å². The molecule has 0 aromatic heterocycles. The second-order valence-corrected chi connectivity index (χ2v) is 4.02. The number of rotatable bonds is 3. The van der Waals surface area contributed by atoms with Crippen LogP contribution in [0, 0.1) is 11.2 Å². The lowest BCUT2D eigenvalue weighted by Crippen LogP contribution is -2.12. The first-order valence-corrected chi connectivity index (χ1v) is 5.52. The Labute approximate surface area is 108 Å². The maximum atomic E-state index is 13.5. The van der Waals surface area contributed by atoms with Crippen molar-refractivity contribution in [3.8, 4) is 11.5 Å². The van der Waals surface area contributed by atoms with Crippen LogP contribution in [0.5, 0.6) is 11.5 Å². The third-order valence-corrected chi connectivity index (χ3v) is 2.52. The molecule has 18 heavy (non-hydrogen) atoms. The van der Waals surface area contributed by atoms with E-state index in [4.69, 9.17) is 27.5 Å². The van der Waals surface area contributed by atoms with E-state index in [0.29, 0.717) is 10.6 Å². The Balaban J connectivity index is 2.41. The normalized spacial score (nSPS) is 10.1. The molecule has 0 atom stereocenters. The number of hydrogen-bond acceptors (Lipinski definition) is 2. The molecule has 92 valence electrons. The van der Waals surface area contributed by atoms with E-state index in [1.807, 2.05) is 0 Å². The highest BCUT2D eigenvalue weighted by Gasteiger charge is 2.10. The highest BCUT2D eigenvalue weighted by Crippen LogP contribution is 2.29. The summed E-state index contributed by atoms with van der Waals surface area (Å²) in [5.41, 5.74) is 5.75. The number of nitrogens with two attached hydrogens (primary N) is 1. The minimum absolute atomic E-state index is 0.0716. The first-order valence-electron chi connectivity index (χ1n) is 5.14. The molecular weight excluding hydrogens is 255 g/mol. The summed E-state index contributed by atoms with van der Waals surface area (Å²) in [4.78, 5) is 0. The molecule has 5 heteroatoms. The SMILES string of the molecule is N=C(N)c1cc(Cl)ccc1Oc1ccccc1F. The lowest BCUT2D eigenvalue weighted by atomic mass is 10.2. The lowest BCUT2D eigenvalue weighted by Gasteiger charge is -2.11. The molecule has 0 aliphatic carbocycles. The Morgan fingerprint density at radius 1 is 1.17 bits per heavy atom. The first kappa shape index (κ1) is 12.4.